The molecule has 0 aliphatic carbocycles. The Morgan fingerprint density at radius 2 is 0.935 bits per heavy atom. The first-order valence-corrected chi connectivity index (χ1v) is 17.5. The van der Waals surface area contributed by atoms with Crippen molar-refractivity contribution in [3.8, 4) is 0 Å². The van der Waals surface area contributed by atoms with E-state index in [2.05, 4.69) is 33.5 Å². The smallest absolute Gasteiger partial charge is 0.292 e. The summed E-state index contributed by atoms with van der Waals surface area (Å²) in [6.07, 6.45) is 28.3. The van der Waals surface area contributed by atoms with Gasteiger partial charge in [0.15, 0.2) is 0 Å². The van der Waals surface area contributed by atoms with Gasteiger partial charge < -0.3 is 4.43 Å². The van der Waals surface area contributed by atoms with Gasteiger partial charge in [0.25, 0.3) is 5.97 Å². The second-order valence-electron chi connectivity index (χ2n) is 11.0. The Morgan fingerprint density at radius 3 is 1.26 bits per heavy atom. The van der Waals surface area contributed by atoms with Crippen molar-refractivity contribution in [3.63, 3.8) is 0 Å². The van der Waals surface area contributed by atoms with Gasteiger partial charge in [-0.05, 0) is 32.0 Å². The highest BCUT2D eigenvalue weighted by Crippen LogP contribution is 2.16. The van der Waals surface area contributed by atoms with E-state index in [0.717, 1.165) is 12.3 Å². The Morgan fingerprint density at radius 1 is 0.613 bits per heavy atom. The Labute approximate surface area is 197 Å². The number of rotatable bonds is 23. The number of hydrogen-bond donors (Lipinski definition) is 0. The molecule has 2 nitrogen and oxygen atoms in total. The van der Waals surface area contributed by atoms with Gasteiger partial charge in [0.2, 0.25) is 8.32 Å². The van der Waals surface area contributed by atoms with Crippen LogP contribution in [0.1, 0.15) is 149 Å². The monoisotopic (exact) mass is 454 g/mol. The van der Waals surface area contributed by atoms with Gasteiger partial charge in [0, 0.05) is 6.42 Å². The lowest BCUT2D eigenvalue weighted by molar-refractivity contribution is -0.135. The van der Waals surface area contributed by atoms with Crippen molar-refractivity contribution in [3.05, 3.63) is 0 Å². The first-order chi connectivity index (χ1) is 14.8. The summed E-state index contributed by atoms with van der Waals surface area (Å²) >= 11 is 0. The van der Waals surface area contributed by atoms with Gasteiger partial charge in [0.1, 0.15) is 0 Å². The first-order valence-electron chi connectivity index (χ1n) is 14.1. The van der Waals surface area contributed by atoms with Crippen LogP contribution in [0.15, 0.2) is 0 Å². The molecule has 31 heavy (non-hydrogen) atoms. The summed E-state index contributed by atoms with van der Waals surface area (Å²) in [7, 11) is -1.69. The summed E-state index contributed by atoms with van der Waals surface area (Å²) in [5, 5.41) is 0. The summed E-state index contributed by atoms with van der Waals surface area (Å²) in [6.45, 7) is 10.9. The molecule has 0 aromatic carbocycles. The molecule has 0 spiro atoms. The predicted octanol–water partition coefficient (Wildman–Crippen LogP) is 10.2. The average Bonchev–Trinajstić information content (AvgIpc) is 2.70. The highest BCUT2D eigenvalue weighted by atomic mass is 28.4. The van der Waals surface area contributed by atoms with Crippen molar-refractivity contribution < 1.29 is 9.22 Å². The molecule has 0 heterocycles. The van der Waals surface area contributed by atoms with Crippen LogP contribution in [0.2, 0.25) is 19.6 Å². The molecule has 3 heteroatoms. The molecule has 1 unspecified atom stereocenters. The zero-order chi connectivity index (χ0) is 23.2. The van der Waals surface area contributed by atoms with Gasteiger partial charge in [-0.1, -0.05) is 136 Å². The minimum atomic E-state index is -1.69. The lowest BCUT2D eigenvalue weighted by Crippen LogP contribution is -2.28. The number of hydrogen-bond acceptors (Lipinski definition) is 2. The predicted molar refractivity (Wildman–Crippen MR) is 141 cm³/mol. The van der Waals surface area contributed by atoms with Crippen LogP contribution in [-0.2, 0) is 9.22 Å². The van der Waals surface area contributed by atoms with E-state index in [1.165, 1.54) is 122 Å². The van der Waals surface area contributed by atoms with Gasteiger partial charge in [-0.2, -0.15) is 0 Å². The topological polar surface area (TPSA) is 26.3 Å². The van der Waals surface area contributed by atoms with Gasteiger partial charge in [-0.3, -0.25) is 4.79 Å². The SMILES string of the molecule is CCC(C)CCCCCCCCCCCCCCCCCCCCC(=O)O[Si](C)(C)C. The minimum Gasteiger partial charge on any atom is -0.520 e. The van der Waals surface area contributed by atoms with Gasteiger partial charge in [0.05, 0.1) is 0 Å². The van der Waals surface area contributed by atoms with Crippen LogP contribution in [-0.4, -0.2) is 14.3 Å². The average molecular weight is 455 g/mol. The highest BCUT2D eigenvalue weighted by Gasteiger charge is 2.19. The molecule has 0 N–H and O–H groups in total. The van der Waals surface area contributed by atoms with Crippen LogP contribution < -0.4 is 0 Å². The molecule has 0 saturated carbocycles. The van der Waals surface area contributed by atoms with Crippen molar-refractivity contribution in [2.45, 2.75) is 168 Å². The van der Waals surface area contributed by atoms with Crippen LogP contribution in [0.5, 0.6) is 0 Å². The van der Waals surface area contributed by atoms with Crippen LogP contribution in [0.3, 0.4) is 0 Å². The largest absolute Gasteiger partial charge is 0.520 e. The maximum Gasteiger partial charge on any atom is 0.292 e. The number of carbonyl (C=O) groups excluding carboxylic acids is 1. The third-order valence-electron chi connectivity index (χ3n) is 6.44. The fourth-order valence-corrected chi connectivity index (χ4v) is 4.97. The third kappa shape index (κ3) is 25.8. The maximum atomic E-state index is 11.7. The van der Waals surface area contributed by atoms with E-state index in [-0.39, 0.29) is 5.97 Å². The molecule has 0 aromatic heterocycles. The van der Waals surface area contributed by atoms with Crippen molar-refractivity contribution in [1.29, 1.82) is 0 Å². The Kier molecular flexibility index (Phi) is 21.3. The lowest BCUT2D eigenvalue weighted by Gasteiger charge is -2.17. The van der Waals surface area contributed by atoms with E-state index >= 15 is 0 Å². The lowest BCUT2D eigenvalue weighted by atomic mass is 9.99. The molecule has 0 aliphatic rings. The molecule has 0 aromatic rings. The number of unbranched alkanes of at least 4 members (excludes halogenated alkanes) is 17. The molecule has 186 valence electrons. The van der Waals surface area contributed by atoms with E-state index < -0.39 is 8.32 Å². The summed E-state index contributed by atoms with van der Waals surface area (Å²) in [6, 6.07) is 0. The fraction of sp³-hybridized carbons (Fsp3) is 0.964. The third-order valence-corrected chi connectivity index (χ3v) is 7.28. The quantitative estimate of drug-likeness (QED) is 0.113. The van der Waals surface area contributed by atoms with E-state index in [4.69, 9.17) is 4.43 Å². The molecule has 0 saturated heterocycles. The Balaban J connectivity index is 3.13. The standard InChI is InChI=1S/C28H58O2Si/c1-6-27(2)25-23-21-19-17-15-13-11-9-7-8-10-12-14-16-18-20-22-24-26-28(29)30-31(3,4)5/h27H,6-26H2,1-5H3. The molecule has 0 radical (unpaired) electrons. The Hall–Kier alpha value is -0.313. The minimum absolute atomic E-state index is 0.0201. The molecule has 0 amide bonds. The first kappa shape index (κ1) is 30.7. The molecule has 0 fully saturated rings. The van der Waals surface area contributed by atoms with Crippen LogP contribution >= 0.6 is 0 Å². The Bertz CT molecular complexity index is 389. The maximum absolute atomic E-state index is 11.7. The number of carbonyl (C=O) groups is 1. The van der Waals surface area contributed by atoms with Crippen LogP contribution in [0.25, 0.3) is 0 Å². The van der Waals surface area contributed by atoms with E-state index in [1.54, 1.807) is 0 Å². The second kappa shape index (κ2) is 21.5. The van der Waals surface area contributed by atoms with Gasteiger partial charge in [-0.25, -0.2) is 0 Å². The van der Waals surface area contributed by atoms with Crippen molar-refractivity contribution in [2.24, 2.45) is 5.92 Å². The van der Waals surface area contributed by atoms with Crippen molar-refractivity contribution in [1.82, 2.24) is 0 Å². The van der Waals surface area contributed by atoms with Gasteiger partial charge >= 0.3 is 0 Å². The summed E-state index contributed by atoms with van der Waals surface area (Å²) < 4.78 is 5.48. The fourth-order valence-electron chi connectivity index (χ4n) is 4.19. The van der Waals surface area contributed by atoms with E-state index in [0.29, 0.717) is 6.42 Å². The zero-order valence-corrected chi connectivity index (χ0v) is 23.2. The summed E-state index contributed by atoms with van der Waals surface area (Å²) in [4.78, 5) is 11.7. The van der Waals surface area contributed by atoms with Gasteiger partial charge in [-0.15, -0.1) is 0 Å². The molecular formula is C28H58O2Si. The molecule has 0 rings (SSSR count). The second-order valence-corrected chi connectivity index (χ2v) is 15.4. The summed E-state index contributed by atoms with van der Waals surface area (Å²) in [5.41, 5.74) is 0. The molecule has 0 bridgehead atoms. The normalized spacial score (nSPS) is 12.8. The molecule has 1 atom stereocenters. The van der Waals surface area contributed by atoms with E-state index in [9.17, 15) is 4.79 Å². The van der Waals surface area contributed by atoms with Crippen LogP contribution in [0.4, 0.5) is 0 Å². The summed E-state index contributed by atoms with van der Waals surface area (Å²) in [5.74, 6) is 0.954. The van der Waals surface area contributed by atoms with E-state index in [1.807, 2.05) is 0 Å². The zero-order valence-electron chi connectivity index (χ0n) is 22.2. The highest BCUT2D eigenvalue weighted by molar-refractivity contribution is 6.71. The van der Waals surface area contributed by atoms with Crippen molar-refractivity contribution in [2.75, 3.05) is 0 Å². The van der Waals surface area contributed by atoms with Crippen molar-refractivity contribution >= 4 is 14.3 Å². The van der Waals surface area contributed by atoms with Crippen LogP contribution in [0, 0.1) is 5.92 Å². The molecular weight excluding hydrogens is 396 g/mol. The molecule has 0 aliphatic heterocycles.